The molecule has 0 radical (unpaired) electrons. The lowest BCUT2D eigenvalue weighted by Gasteiger charge is -2.31. The molecule has 0 bridgehead atoms. The average molecular weight is 481 g/mol. The Kier molecular flexibility index (Phi) is 6.54. The van der Waals surface area contributed by atoms with Crippen LogP contribution in [0, 0.1) is 5.92 Å². The first-order valence-corrected chi connectivity index (χ1v) is 12.1. The molecule has 0 unspecified atom stereocenters. The Morgan fingerprint density at radius 2 is 1.50 bits per heavy atom. The van der Waals surface area contributed by atoms with E-state index in [-0.39, 0.29) is 23.6 Å². The topological polar surface area (TPSA) is 97.4 Å². The lowest BCUT2D eigenvalue weighted by Crippen LogP contribution is -2.42. The summed E-state index contributed by atoms with van der Waals surface area (Å²) in [6, 6.07) is 24.9. The van der Waals surface area contributed by atoms with Crippen molar-refractivity contribution >= 4 is 34.3 Å². The van der Waals surface area contributed by atoms with E-state index < -0.39 is 0 Å². The summed E-state index contributed by atoms with van der Waals surface area (Å²) in [7, 11) is 0. The molecule has 0 aliphatic carbocycles. The number of carbonyl (C=O) groups is 3. The van der Waals surface area contributed by atoms with Gasteiger partial charge in [0, 0.05) is 42.7 Å². The minimum atomic E-state index is -0.318. The van der Waals surface area contributed by atoms with Crippen LogP contribution >= 0.6 is 0 Å². The Labute approximate surface area is 209 Å². The highest BCUT2D eigenvalue weighted by atomic mass is 16.2. The molecule has 1 saturated heterocycles. The van der Waals surface area contributed by atoms with Crippen molar-refractivity contribution in [2.24, 2.45) is 11.7 Å². The zero-order valence-electron chi connectivity index (χ0n) is 19.9. The average Bonchev–Trinajstić information content (AvgIpc) is 3.28. The SMILES string of the molecule is NC(=O)C1CCN(C(=O)c2ccccc2NC(=O)c2cn(Cc3ccccc3)c3ccccc23)CC1. The number of nitrogens with two attached hydrogens (primary N) is 1. The van der Waals surface area contributed by atoms with Gasteiger partial charge in [-0.15, -0.1) is 0 Å². The van der Waals surface area contributed by atoms with Crippen LogP contribution in [0.2, 0.25) is 0 Å². The zero-order valence-corrected chi connectivity index (χ0v) is 19.9. The van der Waals surface area contributed by atoms with Gasteiger partial charge in [-0.3, -0.25) is 14.4 Å². The number of nitrogens with zero attached hydrogens (tertiary/aromatic N) is 2. The van der Waals surface area contributed by atoms with Crippen LogP contribution in [0.5, 0.6) is 0 Å². The molecule has 36 heavy (non-hydrogen) atoms. The molecule has 0 atom stereocenters. The summed E-state index contributed by atoms with van der Waals surface area (Å²) in [6.07, 6.45) is 2.97. The van der Waals surface area contributed by atoms with Gasteiger partial charge in [-0.1, -0.05) is 60.7 Å². The quantitative estimate of drug-likeness (QED) is 0.431. The normalized spacial score (nSPS) is 14.1. The molecule has 3 N–H and O–H groups in total. The van der Waals surface area contributed by atoms with Crippen molar-refractivity contribution in [1.29, 1.82) is 0 Å². The summed E-state index contributed by atoms with van der Waals surface area (Å²) in [4.78, 5) is 39.9. The van der Waals surface area contributed by atoms with Gasteiger partial charge in [0.25, 0.3) is 11.8 Å². The van der Waals surface area contributed by atoms with Crippen LogP contribution in [-0.4, -0.2) is 40.3 Å². The molecule has 7 heteroatoms. The van der Waals surface area contributed by atoms with Crippen molar-refractivity contribution in [2.45, 2.75) is 19.4 Å². The van der Waals surface area contributed by atoms with Gasteiger partial charge in [-0.2, -0.15) is 0 Å². The van der Waals surface area contributed by atoms with Crippen molar-refractivity contribution in [3.05, 3.63) is 102 Å². The predicted octanol–water partition coefficient (Wildman–Crippen LogP) is 4.28. The molecule has 7 nitrogen and oxygen atoms in total. The van der Waals surface area contributed by atoms with Gasteiger partial charge in [0.2, 0.25) is 5.91 Å². The highest BCUT2D eigenvalue weighted by Crippen LogP contribution is 2.26. The van der Waals surface area contributed by atoms with Gasteiger partial charge in [0.15, 0.2) is 0 Å². The van der Waals surface area contributed by atoms with E-state index in [0.29, 0.717) is 49.3 Å². The number of benzene rings is 3. The second-order valence-corrected chi connectivity index (χ2v) is 9.14. The van der Waals surface area contributed by atoms with Gasteiger partial charge < -0.3 is 20.5 Å². The van der Waals surface area contributed by atoms with Crippen molar-refractivity contribution in [2.75, 3.05) is 18.4 Å². The lowest BCUT2D eigenvalue weighted by molar-refractivity contribution is -0.123. The van der Waals surface area contributed by atoms with Crippen LogP contribution in [0.15, 0.2) is 85.1 Å². The maximum Gasteiger partial charge on any atom is 0.257 e. The highest BCUT2D eigenvalue weighted by molar-refractivity contribution is 6.15. The number of amides is 3. The number of nitrogens with one attached hydrogen (secondary N) is 1. The molecule has 1 fully saturated rings. The van der Waals surface area contributed by atoms with Crippen LogP contribution in [0.3, 0.4) is 0 Å². The van der Waals surface area contributed by atoms with Gasteiger partial charge in [0.1, 0.15) is 0 Å². The number of fused-ring (bicyclic) bond motifs is 1. The van der Waals surface area contributed by atoms with E-state index >= 15 is 0 Å². The second-order valence-electron chi connectivity index (χ2n) is 9.14. The molecule has 3 amide bonds. The molecule has 1 aromatic heterocycles. The molecule has 3 aromatic carbocycles. The molecule has 0 saturated carbocycles. The maximum absolute atomic E-state index is 13.5. The number of aromatic nitrogens is 1. The Morgan fingerprint density at radius 1 is 0.833 bits per heavy atom. The van der Waals surface area contributed by atoms with Gasteiger partial charge >= 0.3 is 0 Å². The molecule has 1 aliphatic rings. The molecular weight excluding hydrogens is 452 g/mol. The lowest BCUT2D eigenvalue weighted by atomic mass is 9.95. The smallest absolute Gasteiger partial charge is 0.257 e. The van der Waals surface area contributed by atoms with Crippen molar-refractivity contribution in [3.8, 4) is 0 Å². The molecular formula is C29H28N4O3. The number of primary amides is 1. The maximum atomic E-state index is 13.5. The summed E-state index contributed by atoms with van der Waals surface area (Å²) in [5.41, 5.74) is 8.97. The highest BCUT2D eigenvalue weighted by Gasteiger charge is 2.28. The number of likely N-dealkylation sites (tertiary alicyclic amines) is 1. The number of hydrogen-bond donors (Lipinski definition) is 2. The third-order valence-corrected chi connectivity index (χ3v) is 6.82. The van der Waals surface area contributed by atoms with E-state index in [1.165, 1.54) is 0 Å². The Balaban J connectivity index is 1.39. The Bertz CT molecular complexity index is 1420. The summed E-state index contributed by atoms with van der Waals surface area (Å²) < 4.78 is 2.07. The van der Waals surface area contributed by atoms with E-state index in [1.807, 2.05) is 48.7 Å². The van der Waals surface area contributed by atoms with Crippen LogP contribution in [-0.2, 0) is 11.3 Å². The standard InChI is InChI=1S/C29H28N4O3/c30-27(34)21-14-16-32(17-15-21)29(36)23-11-4-6-12-25(23)31-28(35)24-19-33(18-20-8-2-1-3-9-20)26-13-7-5-10-22(24)26/h1-13,19,21H,14-18H2,(H2,30,34)(H,31,35). The summed E-state index contributed by atoms with van der Waals surface area (Å²) >= 11 is 0. The fraction of sp³-hybridized carbons (Fsp3) is 0.207. The Morgan fingerprint density at radius 3 is 2.25 bits per heavy atom. The van der Waals surface area contributed by atoms with Crippen LogP contribution in [0.4, 0.5) is 5.69 Å². The second kappa shape index (κ2) is 10.1. The first-order valence-electron chi connectivity index (χ1n) is 12.1. The summed E-state index contributed by atoms with van der Waals surface area (Å²) in [5.74, 6) is -0.954. The van der Waals surface area contributed by atoms with Crippen molar-refractivity contribution in [1.82, 2.24) is 9.47 Å². The van der Waals surface area contributed by atoms with Crippen molar-refractivity contribution in [3.63, 3.8) is 0 Å². The number of anilines is 1. The van der Waals surface area contributed by atoms with Crippen molar-refractivity contribution < 1.29 is 14.4 Å². The van der Waals surface area contributed by atoms with Gasteiger partial charge in [-0.05, 0) is 36.6 Å². The molecule has 1 aliphatic heterocycles. The number of hydrogen-bond acceptors (Lipinski definition) is 3. The predicted molar refractivity (Wildman–Crippen MR) is 140 cm³/mol. The molecule has 0 spiro atoms. The number of piperidine rings is 1. The fourth-order valence-corrected chi connectivity index (χ4v) is 4.84. The Hall–Kier alpha value is -4.39. The third kappa shape index (κ3) is 4.73. The molecule has 5 rings (SSSR count). The van der Waals surface area contributed by atoms with E-state index in [4.69, 9.17) is 5.73 Å². The fourth-order valence-electron chi connectivity index (χ4n) is 4.84. The summed E-state index contributed by atoms with van der Waals surface area (Å²) in [6.45, 7) is 1.56. The molecule has 182 valence electrons. The zero-order chi connectivity index (χ0) is 25.1. The number of rotatable bonds is 6. The molecule has 4 aromatic rings. The van der Waals surface area contributed by atoms with E-state index in [1.54, 1.807) is 29.2 Å². The first-order chi connectivity index (χ1) is 17.5. The minimum absolute atomic E-state index is 0.166. The van der Waals surface area contributed by atoms with Crippen LogP contribution < -0.4 is 11.1 Å². The van der Waals surface area contributed by atoms with E-state index in [0.717, 1.165) is 16.5 Å². The van der Waals surface area contributed by atoms with Crippen LogP contribution in [0.1, 0.15) is 39.1 Å². The van der Waals surface area contributed by atoms with E-state index in [9.17, 15) is 14.4 Å². The van der Waals surface area contributed by atoms with Gasteiger partial charge in [-0.25, -0.2) is 0 Å². The molecule has 2 heterocycles. The monoisotopic (exact) mass is 480 g/mol. The van der Waals surface area contributed by atoms with Crippen LogP contribution in [0.25, 0.3) is 10.9 Å². The summed E-state index contributed by atoms with van der Waals surface area (Å²) in [5, 5.41) is 3.82. The van der Waals surface area contributed by atoms with Gasteiger partial charge in [0.05, 0.1) is 16.8 Å². The third-order valence-electron chi connectivity index (χ3n) is 6.82. The largest absolute Gasteiger partial charge is 0.369 e. The number of para-hydroxylation sites is 2. The first kappa shape index (κ1) is 23.4. The van der Waals surface area contributed by atoms with E-state index in [2.05, 4.69) is 22.0 Å². The number of carbonyl (C=O) groups excluding carboxylic acids is 3. The minimum Gasteiger partial charge on any atom is -0.369 e.